The van der Waals surface area contributed by atoms with Crippen molar-refractivity contribution in [3.05, 3.63) is 41.3 Å². The summed E-state index contributed by atoms with van der Waals surface area (Å²) in [5.41, 5.74) is 2.39. The standard InChI is InChI=1S/C16H18FN5O/c1-3-12-14-15(19-20-16(14)22(2)21-12)18-13(23)8-7-10-5-4-6-11(17)9-10/h4-6,9H,3,7-8H2,1-2H3,(H2,18,19,20,23). The van der Waals surface area contributed by atoms with E-state index in [4.69, 9.17) is 0 Å². The normalized spacial score (nSPS) is 11.1. The van der Waals surface area contributed by atoms with Gasteiger partial charge in [0.15, 0.2) is 5.65 Å². The Kier molecular flexibility index (Phi) is 4.10. The lowest BCUT2D eigenvalue weighted by atomic mass is 10.1. The van der Waals surface area contributed by atoms with Gasteiger partial charge < -0.3 is 5.32 Å². The van der Waals surface area contributed by atoms with Gasteiger partial charge in [0.2, 0.25) is 5.91 Å². The maximum atomic E-state index is 13.1. The summed E-state index contributed by atoms with van der Waals surface area (Å²) in [5.74, 6) is 0.126. The Bertz CT molecular complexity index is 851. The molecule has 0 aliphatic rings. The number of anilines is 1. The van der Waals surface area contributed by atoms with Crippen molar-refractivity contribution in [2.75, 3.05) is 5.32 Å². The second-order valence-corrected chi connectivity index (χ2v) is 5.40. The van der Waals surface area contributed by atoms with E-state index in [0.717, 1.165) is 23.1 Å². The van der Waals surface area contributed by atoms with Gasteiger partial charge in [-0.2, -0.15) is 10.2 Å². The van der Waals surface area contributed by atoms with Gasteiger partial charge in [-0.1, -0.05) is 19.1 Å². The van der Waals surface area contributed by atoms with E-state index in [-0.39, 0.29) is 18.1 Å². The van der Waals surface area contributed by atoms with Crippen LogP contribution in [-0.2, 0) is 24.7 Å². The smallest absolute Gasteiger partial charge is 0.225 e. The van der Waals surface area contributed by atoms with E-state index in [0.29, 0.717) is 17.9 Å². The summed E-state index contributed by atoms with van der Waals surface area (Å²) in [6, 6.07) is 6.28. The van der Waals surface area contributed by atoms with Crippen LogP contribution >= 0.6 is 0 Å². The Morgan fingerprint density at radius 3 is 3.00 bits per heavy atom. The Morgan fingerprint density at radius 2 is 2.26 bits per heavy atom. The summed E-state index contributed by atoms with van der Waals surface area (Å²) in [6.45, 7) is 2.00. The third-order valence-electron chi connectivity index (χ3n) is 3.74. The zero-order valence-corrected chi connectivity index (χ0v) is 13.1. The average molecular weight is 315 g/mol. The second-order valence-electron chi connectivity index (χ2n) is 5.40. The highest BCUT2D eigenvalue weighted by molar-refractivity contribution is 5.99. The number of nitrogens with zero attached hydrogens (tertiary/aromatic N) is 3. The highest BCUT2D eigenvalue weighted by Crippen LogP contribution is 2.24. The molecule has 0 saturated carbocycles. The Hall–Kier alpha value is -2.70. The summed E-state index contributed by atoms with van der Waals surface area (Å²) in [6.07, 6.45) is 1.50. The van der Waals surface area contributed by atoms with Gasteiger partial charge in [0.25, 0.3) is 0 Å². The molecule has 6 nitrogen and oxygen atoms in total. The molecule has 0 radical (unpaired) electrons. The van der Waals surface area contributed by atoms with E-state index in [9.17, 15) is 9.18 Å². The number of carbonyl (C=O) groups excluding carboxylic acids is 1. The van der Waals surface area contributed by atoms with Crippen molar-refractivity contribution in [3.8, 4) is 0 Å². The number of carbonyl (C=O) groups is 1. The average Bonchev–Trinajstić information content (AvgIpc) is 3.07. The molecule has 2 N–H and O–H groups in total. The van der Waals surface area contributed by atoms with Crippen molar-refractivity contribution in [3.63, 3.8) is 0 Å². The first-order valence-electron chi connectivity index (χ1n) is 7.52. The molecule has 3 rings (SSSR count). The van der Waals surface area contributed by atoms with E-state index in [2.05, 4.69) is 20.6 Å². The van der Waals surface area contributed by atoms with Crippen LogP contribution in [0.5, 0.6) is 0 Å². The lowest BCUT2D eigenvalue weighted by molar-refractivity contribution is -0.116. The lowest BCUT2D eigenvalue weighted by Crippen LogP contribution is -2.13. The molecule has 2 aromatic heterocycles. The third-order valence-corrected chi connectivity index (χ3v) is 3.74. The number of fused-ring (bicyclic) bond motifs is 1. The number of aryl methyl sites for hydroxylation is 3. The predicted molar refractivity (Wildman–Crippen MR) is 85.6 cm³/mol. The van der Waals surface area contributed by atoms with Crippen LogP contribution in [0.1, 0.15) is 24.6 Å². The van der Waals surface area contributed by atoms with Gasteiger partial charge in [-0.15, -0.1) is 0 Å². The number of amides is 1. The maximum Gasteiger partial charge on any atom is 0.225 e. The van der Waals surface area contributed by atoms with Gasteiger partial charge >= 0.3 is 0 Å². The number of rotatable bonds is 5. The maximum absolute atomic E-state index is 13.1. The SMILES string of the molecule is CCc1nn(C)c2n[nH]c(NC(=O)CCc3cccc(F)c3)c12. The van der Waals surface area contributed by atoms with Crippen LogP contribution in [0.15, 0.2) is 24.3 Å². The molecule has 0 atom stereocenters. The number of aromatic nitrogens is 4. The van der Waals surface area contributed by atoms with Gasteiger partial charge in [0, 0.05) is 13.5 Å². The van der Waals surface area contributed by atoms with Crippen LogP contribution in [0.3, 0.4) is 0 Å². The number of hydrogen-bond donors (Lipinski definition) is 2. The van der Waals surface area contributed by atoms with Crippen molar-refractivity contribution in [1.82, 2.24) is 20.0 Å². The lowest BCUT2D eigenvalue weighted by Gasteiger charge is -2.04. The summed E-state index contributed by atoms with van der Waals surface area (Å²) in [7, 11) is 1.82. The molecule has 0 unspecified atom stereocenters. The van der Waals surface area contributed by atoms with E-state index >= 15 is 0 Å². The number of benzene rings is 1. The minimum atomic E-state index is -0.291. The van der Waals surface area contributed by atoms with Crippen LogP contribution in [0.4, 0.5) is 10.2 Å². The molecule has 0 fully saturated rings. The molecule has 0 aliphatic heterocycles. The number of aromatic amines is 1. The molecule has 2 heterocycles. The molecule has 0 aliphatic carbocycles. The highest BCUT2D eigenvalue weighted by atomic mass is 19.1. The summed E-state index contributed by atoms with van der Waals surface area (Å²) in [4.78, 5) is 12.1. The van der Waals surface area contributed by atoms with Gasteiger partial charge in [-0.05, 0) is 30.5 Å². The zero-order valence-electron chi connectivity index (χ0n) is 13.1. The minimum Gasteiger partial charge on any atom is -0.310 e. The third kappa shape index (κ3) is 3.08. The fourth-order valence-electron chi connectivity index (χ4n) is 2.61. The van der Waals surface area contributed by atoms with Gasteiger partial charge in [0.1, 0.15) is 11.6 Å². The van der Waals surface area contributed by atoms with E-state index in [1.54, 1.807) is 16.8 Å². The first-order valence-corrected chi connectivity index (χ1v) is 7.52. The molecule has 23 heavy (non-hydrogen) atoms. The summed E-state index contributed by atoms with van der Waals surface area (Å²) in [5, 5.41) is 15.1. The molecule has 1 amide bonds. The summed E-state index contributed by atoms with van der Waals surface area (Å²) < 4.78 is 14.8. The van der Waals surface area contributed by atoms with Crippen molar-refractivity contribution >= 4 is 22.8 Å². The van der Waals surface area contributed by atoms with Crippen molar-refractivity contribution in [2.24, 2.45) is 7.05 Å². The van der Waals surface area contributed by atoms with Gasteiger partial charge in [-0.25, -0.2) is 9.07 Å². The monoisotopic (exact) mass is 315 g/mol. The van der Waals surface area contributed by atoms with Crippen LogP contribution in [0.2, 0.25) is 0 Å². The quantitative estimate of drug-likeness (QED) is 0.760. The van der Waals surface area contributed by atoms with Crippen LogP contribution in [0, 0.1) is 5.82 Å². The molecule has 3 aromatic rings. The van der Waals surface area contributed by atoms with Crippen molar-refractivity contribution in [1.29, 1.82) is 0 Å². The molecule has 0 bridgehead atoms. The topological polar surface area (TPSA) is 75.6 Å². The number of halogens is 1. The Morgan fingerprint density at radius 1 is 1.43 bits per heavy atom. The van der Waals surface area contributed by atoms with Crippen molar-refractivity contribution in [2.45, 2.75) is 26.2 Å². The minimum absolute atomic E-state index is 0.147. The zero-order chi connectivity index (χ0) is 16.4. The summed E-state index contributed by atoms with van der Waals surface area (Å²) >= 11 is 0. The van der Waals surface area contributed by atoms with E-state index in [1.807, 2.05) is 14.0 Å². The van der Waals surface area contributed by atoms with Crippen LogP contribution in [0.25, 0.3) is 11.0 Å². The molecule has 0 spiro atoms. The molecular weight excluding hydrogens is 297 g/mol. The molecule has 0 saturated heterocycles. The van der Waals surface area contributed by atoms with Gasteiger partial charge in [0.05, 0.1) is 11.1 Å². The molecular formula is C16H18FN5O. The van der Waals surface area contributed by atoms with E-state index in [1.165, 1.54) is 12.1 Å². The van der Waals surface area contributed by atoms with Crippen LogP contribution < -0.4 is 5.32 Å². The predicted octanol–water partition coefficient (Wildman–Crippen LogP) is 2.57. The van der Waals surface area contributed by atoms with Crippen molar-refractivity contribution < 1.29 is 9.18 Å². The van der Waals surface area contributed by atoms with Crippen LogP contribution in [-0.4, -0.2) is 25.9 Å². The van der Waals surface area contributed by atoms with E-state index < -0.39 is 0 Å². The molecule has 7 heteroatoms. The fraction of sp³-hybridized carbons (Fsp3) is 0.312. The number of H-pyrrole nitrogens is 1. The number of hydrogen-bond acceptors (Lipinski definition) is 3. The first-order chi connectivity index (χ1) is 11.1. The number of nitrogens with one attached hydrogen (secondary N) is 2. The second kappa shape index (κ2) is 6.20. The van der Waals surface area contributed by atoms with Gasteiger partial charge in [-0.3, -0.25) is 9.89 Å². The molecule has 120 valence electrons. The highest BCUT2D eigenvalue weighted by Gasteiger charge is 2.16. The fourth-order valence-corrected chi connectivity index (χ4v) is 2.61. The first kappa shape index (κ1) is 15.2. The Labute approximate surface area is 132 Å². The largest absolute Gasteiger partial charge is 0.310 e. The Balaban J connectivity index is 1.71. The molecule has 1 aromatic carbocycles.